The lowest BCUT2D eigenvalue weighted by Crippen LogP contribution is -2.59. The molecule has 2 fully saturated rings. The minimum atomic E-state index is 0.136. The highest BCUT2D eigenvalue weighted by molar-refractivity contribution is 5.74. The third-order valence-electron chi connectivity index (χ3n) is 7.73. The fourth-order valence-corrected chi connectivity index (χ4v) is 6.04. The van der Waals surface area contributed by atoms with Crippen LogP contribution in [0.2, 0.25) is 0 Å². The molecule has 3 aliphatic rings. The zero-order valence-electron chi connectivity index (χ0n) is 18.7. The fourth-order valence-electron chi connectivity index (χ4n) is 6.04. The van der Waals surface area contributed by atoms with Gasteiger partial charge in [-0.1, -0.05) is 55.5 Å². The van der Waals surface area contributed by atoms with Crippen LogP contribution in [0.25, 0.3) is 0 Å². The van der Waals surface area contributed by atoms with Crippen molar-refractivity contribution in [1.29, 1.82) is 0 Å². The lowest BCUT2D eigenvalue weighted by atomic mass is 9.76. The van der Waals surface area contributed by atoms with Crippen LogP contribution in [0, 0.1) is 5.92 Å². The highest BCUT2D eigenvalue weighted by atomic mass is 16.2. The number of fused-ring (bicyclic) bond motifs is 4. The predicted octanol–water partition coefficient (Wildman–Crippen LogP) is 4.58. The van der Waals surface area contributed by atoms with Crippen LogP contribution in [0.3, 0.4) is 0 Å². The summed E-state index contributed by atoms with van der Waals surface area (Å²) >= 11 is 0. The average molecular weight is 418 g/mol. The van der Waals surface area contributed by atoms with Gasteiger partial charge in [-0.2, -0.15) is 0 Å². The molecule has 0 saturated carbocycles. The Bertz CT molecular complexity index is 912. The molecule has 2 saturated heterocycles. The van der Waals surface area contributed by atoms with Crippen molar-refractivity contribution in [3.8, 4) is 0 Å². The van der Waals surface area contributed by atoms with Crippen LogP contribution < -0.4 is 5.32 Å². The molecule has 0 spiro atoms. The quantitative estimate of drug-likeness (QED) is 0.790. The number of nitrogens with zero attached hydrogens (tertiary/aromatic N) is 2. The predicted molar refractivity (Wildman–Crippen MR) is 125 cm³/mol. The molecule has 0 radical (unpaired) electrons. The van der Waals surface area contributed by atoms with Gasteiger partial charge < -0.3 is 10.2 Å². The van der Waals surface area contributed by atoms with Gasteiger partial charge in [-0.15, -0.1) is 0 Å². The van der Waals surface area contributed by atoms with Crippen LogP contribution in [-0.2, 0) is 19.3 Å². The highest BCUT2D eigenvalue weighted by Crippen LogP contribution is 2.43. The van der Waals surface area contributed by atoms with Crippen molar-refractivity contribution >= 4 is 6.03 Å². The minimum absolute atomic E-state index is 0.136. The number of carbonyl (C=O) groups excluding carboxylic acids is 1. The van der Waals surface area contributed by atoms with Gasteiger partial charge in [0.25, 0.3) is 0 Å². The van der Waals surface area contributed by atoms with Crippen LogP contribution in [-0.4, -0.2) is 48.1 Å². The lowest BCUT2D eigenvalue weighted by molar-refractivity contribution is 0.00578. The third kappa shape index (κ3) is 4.23. The molecule has 3 atom stereocenters. The van der Waals surface area contributed by atoms with E-state index in [-0.39, 0.29) is 6.03 Å². The largest absolute Gasteiger partial charge is 0.338 e. The van der Waals surface area contributed by atoms with Gasteiger partial charge in [0.2, 0.25) is 0 Å². The molecule has 0 aliphatic carbocycles. The molecule has 0 unspecified atom stereocenters. The topological polar surface area (TPSA) is 35.6 Å². The zero-order chi connectivity index (χ0) is 21.2. The number of amides is 2. The molecule has 2 aromatic carbocycles. The summed E-state index contributed by atoms with van der Waals surface area (Å²) in [5.41, 5.74) is 5.77. The molecule has 3 aliphatic heterocycles. The van der Waals surface area contributed by atoms with E-state index in [0.717, 1.165) is 45.3 Å². The number of rotatable bonds is 4. The van der Waals surface area contributed by atoms with Crippen molar-refractivity contribution < 1.29 is 4.79 Å². The normalized spacial score (nSPS) is 25.3. The van der Waals surface area contributed by atoms with Gasteiger partial charge in [0.05, 0.1) is 0 Å². The Labute approximate surface area is 186 Å². The Morgan fingerprint density at radius 1 is 1.10 bits per heavy atom. The van der Waals surface area contributed by atoms with E-state index in [4.69, 9.17) is 0 Å². The number of likely N-dealkylation sites (tertiary alicyclic amines) is 1. The maximum atomic E-state index is 13.1. The van der Waals surface area contributed by atoms with Crippen molar-refractivity contribution in [1.82, 2.24) is 15.1 Å². The summed E-state index contributed by atoms with van der Waals surface area (Å²) in [5, 5.41) is 3.21. The van der Waals surface area contributed by atoms with Crippen LogP contribution >= 0.6 is 0 Å². The Morgan fingerprint density at radius 3 is 2.81 bits per heavy atom. The molecular formula is C27H35N3O. The van der Waals surface area contributed by atoms with Crippen LogP contribution in [0.15, 0.2) is 48.5 Å². The number of urea groups is 1. The number of benzene rings is 2. The van der Waals surface area contributed by atoms with Crippen molar-refractivity contribution in [3.63, 3.8) is 0 Å². The number of hydrogen-bond donors (Lipinski definition) is 1. The van der Waals surface area contributed by atoms with Crippen LogP contribution in [0.5, 0.6) is 0 Å². The van der Waals surface area contributed by atoms with E-state index in [1.807, 2.05) is 6.07 Å². The van der Waals surface area contributed by atoms with Gasteiger partial charge in [-0.3, -0.25) is 4.90 Å². The summed E-state index contributed by atoms with van der Waals surface area (Å²) < 4.78 is 0. The Hall–Kier alpha value is -2.33. The summed E-state index contributed by atoms with van der Waals surface area (Å²) in [5.74, 6) is 0.612. The van der Waals surface area contributed by atoms with E-state index < -0.39 is 0 Å². The van der Waals surface area contributed by atoms with Gasteiger partial charge in [-0.05, 0) is 66.7 Å². The van der Waals surface area contributed by atoms with Crippen molar-refractivity contribution in [2.75, 3.05) is 26.2 Å². The van der Waals surface area contributed by atoms with Gasteiger partial charge in [0.1, 0.15) is 0 Å². The molecule has 0 aromatic heterocycles. The monoisotopic (exact) mass is 417 g/mol. The average Bonchev–Trinajstić information content (AvgIpc) is 2.82. The third-order valence-corrected chi connectivity index (χ3v) is 7.73. The summed E-state index contributed by atoms with van der Waals surface area (Å²) in [6.07, 6.45) is 6.61. The summed E-state index contributed by atoms with van der Waals surface area (Å²) in [6.45, 7) is 6.13. The Morgan fingerprint density at radius 2 is 1.97 bits per heavy atom. The van der Waals surface area contributed by atoms with E-state index in [0.29, 0.717) is 24.5 Å². The number of nitrogens with one attached hydrogen (secondary N) is 1. The molecule has 164 valence electrons. The molecule has 2 amide bonds. The molecule has 4 nitrogen and oxygen atoms in total. The van der Waals surface area contributed by atoms with Crippen LogP contribution in [0.1, 0.15) is 54.5 Å². The second kappa shape index (κ2) is 9.04. The second-order valence-electron chi connectivity index (χ2n) is 9.51. The number of piperidine rings is 2. The Kier molecular flexibility index (Phi) is 5.99. The smallest absolute Gasteiger partial charge is 0.317 e. The first-order valence-corrected chi connectivity index (χ1v) is 12.2. The molecule has 5 rings (SSSR count). The first-order chi connectivity index (χ1) is 15.2. The summed E-state index contributed by atoms with van der Waals surface area (Å²) in [7, 11) is 0. The molecular weight excluding hydrogens is 382 g/mol. The maximum absolute atomic E-state index is 13.1. The van der Waals surface area contributed by atoms with E-state index >= 15 is 0 Å². The molecule has 4 heteroatoms. The van der Waals surface area contributed by atoms with E-state index in [2.05, 4.69) is 64.5 Å². The second-order valence-corrected chi connectivity index (χ2v) is 9.51. The minimum Gasteiger partial charge on any atom is -0.338 e. The summed E-state index contributed by atoms with van der Waals surface area (Å²) in [6, 6.07) is 18.5. The lowest BCUT2D eigenvalue weighted by Gasteiger charge is -2.52. The SMILES string of the molecule is CCc1ccc2c(c1)CCN1C[C@H]3CCCN(C(=O)NCCc4ccccc4)[C@H]3C[C@H]21. The Balaban J connectivity index is 1.27. The van der Waals surface area contributed by atoms with Gasteiger partial charge in [0.15, 0.2) is 0 Å². The zero-order valence-corrected chi connectivity index (χ0v) is 18.7. The highest BCUT2D eigenvalue weighted by Gasteiger charge is 2.43. The standard InChI is InChI=1S/C27H35N3O/c1-2-20-10-11-24-22(17-20)13-16-29-19-23-9-6-15-30(25(23)18-26(24)29)27(31)28-14-12-21-7-4-3-5-8-21/h3-5,7-8,10-11,17,23,25-26H,2,6,9,12-16,18-19H2,1H3,(H,28,31)/t23-,25+,26-/m1/s1. The van der Waals surface area contributed by atoms with Crippen molar-refractivity contribution in [2.45, 2.75) is 57.5 Å². The van der Waals surface area contributed by atoms with Crippen LogP contribution in [0.4, 0.5) is 4.79 Å². The fraction of sp³-hybridized carbons (Fsp3) is 0.519. The maximum Gasteiger partial charge on any atom is 0.317 e. The number of aryl methyl sites for hydroxylation is 1. The molecule has 31 heavy (non-hydrogen) atoms. The van der Waals surface area contributed by atoms with Gasteiger partial charge in [0, 0.05) is 38.3 Å². The van der Waals surface area contributed by atoms with Gasteiger partial charge in [-0.25, -0.2) is 4.79 Å². The molecule has 0 bridgehead atoms. The van der Waals surface area contributed by atoms with Crippen molar-refractivity contribution in [2.24, 2.45) is 5.92 Å². The first-order valence-electron chi connectivity index (χ1n) is 12.2. The number of carbonyl (C=O) groups is 1. The summed E-state index contributed by atoms with van der Waals surface area (Å²) in [4.78, 5) is 18.0. The van der Waals surface area contributed by atoms with Gasteiger partial charge >= 0.3 is 6.03 Å². The van der Waals surface area contributed by atoms with E-state index in [9.17, 15) is 4.79 Å². The van der Waals surface area contributed by atoms with Crippen molar-refractivity contribution in [3.05, 3.63) is 70.8 Å². The molecule has 2 aromatic rings. The van der Waals surface area contributed by atoms with E-state index in [1.165, 1.54) is 35.1 Å². The molecule has 1 N–H and O–H groups in total. The number of hydrogen-bond acceptors (Lipinski definition) is 2. The molecule has 3 heterocycles. The first kappa shape index (κ1) is 20.6. The van der Waals surface area contributed by atoms with E-state index in [1.54, 1.807) is 0 Å².